The number of amides is 1. The fourth-order valence-electron chi connectivity index (χ4n) is 2.05. The molecule has 0 unspecified atom stereocenters. The van der Waals surface area contributed by atoms with Crippen molar-refractivity contribution in [2.75, 3.05) is 13.2 Å². The normalized spacial score (nSPS) is 10.7. The van der Waals surface area contributed by atoms with Gasteiger partial charge in [0.05, 0.1) is 6.61 Å². The zero-order valence-electron chi connectivity index (χ0n) is 12.8. The van der Waals surface area contributed by atoms with E-state index in [9.17, 15) is 4.79 Å². The smallest absolute Gasteiger partial charge is 0.329 e. The van der Waals surface area contributed by atoms with E-state index in [4.69, 9.17) is 4.74 Å². The van der Waals surface area contributed by atoms with Gasteiger partial charge in [-0.05, 0) is 44.5 Å². The van der Waals surface area contributed by atoms with Gasteiger partial charge in [-0.1, -0.05) is 15.9 Å². The van der Waals surface area contributed by atoms with Crippen molar-refractivity contribution >= 4 is 22.0 Å². The van der Waals surface area contributed by atoms with Gasteiger partial charge in [-0.15, -0.1) is 0 Å². The molecular weight excluding hydrogens is 346 g/mol. The van der Waals surface area contributed by atoms with E-state index in [-0.39, 0.29) is 12.1 Å². The summed E-state index contributed by atoms with van der Waals surface area (Å²) in [6.07, 6.45) is 5.56. The highest BCUT2D eigenvalue weighted by atomic mass is 79.9. The number of carbonyl (C=O) groups excluding carboxylic acids is 1. The zero-order valence-corrected chi connectivity index (χ0v) is 14.4. The van der Waals surface area contributed by atoms with Crippen LogP contribution in [0.25, 0.3) is 0 Å². The summed E-state index contributed by atoms with van der Waals surface area (Å²) in [4.78, 5) is 18.1. The Hall–Kier alpha value is -1.82. The number of nitrogens with zero attached hydrogens (tertiary/aromatic N) is 3. The maximum absolute atomic E-state index is 12.4. The Morgan fingerprint density at radius 1 is 1.36 bits per heavy atom. The number of aromatic nitrogens is 2. The molecule has 0 saturated carbocycles. The van der Waals surface area contributed by atoms with Crippen molar-refractivity contribution < 1.29 is 9.53 Å². The fraction of sp³-hybridized carbons (Fsp3) is 0.375. The van der Waals surface area contributed by atoms with E-state index < -0.39 is 0 Å². The SMILES string of the molecule is CC(C)N(CCCOc1ccc(Br)cc1)C(=O)n1ccnc1. The molecule has 2 rings (SSSR count). The molecule has 0 saturated heterocycles. The number of hydrogen-bond donors (Lipinski definition) is 0. The van der Waals surface area contributed by atoms with E-state index >= 15 is 0 Å². The van der Waals surface area contributed by atoms with Crippen LogP contribution in [0.1, 0.15) is 20.3 Å². The van der Waals surface area contributed by atoms with Crippen molar-refractivity contribution in [1.29, 1.82) is 0 Å². The summed E-state index contributed by atoms with van der Waals surface area (Å²) in [7, 11) is 0. The molecule has 0 N–H and O–H groups in total. The van der Waals surface area contributed by atoms with Gasteiger partial charge in [0.25, 0.3) is 0 Å². The molecule has 22 heavy (non-hydrogen) atoms. The zero-order chi connectivity index (χ0) is 15.9. The first-order valence-electron chi connectivity index (χ1n) is 7.25. The minimum absolute atomic E-state index is 0.0591. The second kappa shape index (κ2) is 7.98. The number of rotatable bonds is 6. The molecule has 1 aromatic heterocycles. The molecule has 5 nitrogen and oxygen atoms in total. The maximum Gasteiger partial charge on any atom is 0.329 e. The summed E-state index contributed by atoms with van der Waals surface area (Å²) >= 11 is 3.39. The molecule has 0 radical (unpaired) electrons. The van der Waals surface area contributed by atoms with Crippen LogP contribution >= 0.6 is 15.9 Å². The molecule has 0 bridgehead atoms. The van der Waals surface area contributed by atoms with Crippen molar-refractivity contribution in [1.82, 2.24) is 14.5 Å². The molecule has 0 atom stereocenters. The summed E-state index contributed by atoms with van der Waals surface area (Å²) < 4.78 is 8.20. The summed E-state index contributed by atoms with van der Waals surface area (Å²) in [5, 5.41) is 0. The van der Waals surface area contributed by atoms with Crippen LogP contribution < -0.4 is 4.74 Å². The van der Waals surface area contributed by atoms with Crippen molar-refractivity contribution in [3.63, 3.8) is 0 Å². The quantitative estimate of drug-likeness (QED) is 0.731. The Bertz CT molecular complexity index is 582. The lowest BCUT2D eigenvalue weighted by molar-refractivity contribution is 0.178. The summed E-state index contributed by atoms with van der Waals surface area (Å²) in [6.45, 7) is 5.22. The Kier molecular flexibility index (Phi) is 6.00. The Morgan fingerprint density at radius 2 is 2.09 bits per heavy atom. The van der Waals surface area contributed by atoms with Crippen LogP contribution in [0.4, 0.5) is 4.79 Å². The Labute approximate surface area is 139 Å². The lowest BCUT2D eigenvalue weighted by atomic mass is 10.3. The third kappa shape index (κ3) is 4.59. The molecule has 0 spiro atoms. The standard InChI is InChI=1S/C16H20BrN3O2/c1-13(2)20(16(21)19-10-8-18-12-19)9-3-11-22-15-6-4-14(17)5-7-15/h4-8,10,12-13H,3,9,11H2,1-2H3. The van der Waals surface area contributed by atoms with E-state index in [2.05, 4.69) is 20.9 Å². The molecule has 0 aliphatic heterocycles. The Balaban J connectivity index is 1.82. The Morgan fingerprint density at radius 3 is 2.68 bits per heavy atom. The summed E-state index contributed by atoms with van der Waals surface area (Å²) in [5.74, 6) is 0.834. The first-order chi connectivity index (χ1) is 10.6. The third-order valence-corrected chi connectivity index (χ3v) is 3.75. The van der Waals surface area contributed by atoms with Crippen molar-refractivity contribution in [2.45, 2.75) is 26.3 Å². The van der Waals surface area contributed by atoms with Gasteiger partial charge in [-0.3, -0.25) is 4.57 Å². The monoisotopic (exact) mass is 365 g/mol. The van der Waals surface area contributed by atoms with Crippen LogP contribution in [0, 0.1) is 0 Å². The lowest BCUT2D eigenvalue weighted by Gasteiger charge is -2.26. The minimum atomic E-state index is -0.0591. The minimum Gasteiger partial charge on any atom is -0.494 e. The number of halogens is 1. The van der Waals surface area contributed by atoms with Crippen LogP contribution in [0.2, 0.25) is 0 Å². The van der Waals surface area contributed by atoms with Crippen molar-refractivity contribution in [3.8, 4) is 5.75 Å². The van der Waals surface area contributed by atoms with Crippen LogP contribution in [-0.4, -0.2) is 39.7 Å². The summed E-state index contributed by atoms with van der Waals surface area (Å²) in [5.41, 5.74) is 0. The second-order valence-electron chi connectivity index (χ2n) is 5.20. The van der Waals surface area contributed by atoms with Gasteiger partial charge in [0.15, 0.2) is 0 Å². The van der Waals surface area contributed by atoms with Gasteiger partial charge in [0.2, 0.25) is 0 Å². The molecular formula is C16H20BrN3O2. The highest BCUT2D eigenvalue weighted by Gasteiger charge is 2.17. The van der Waals surface area contributed by atoms with Gasteiger partial charge >= 0.3 is 6.03 Å². The first kappa shape index (κ1) is 16.5. The maximum atomic E-state index is 12.4. The number of benzene rings is 1. The van der Waals surface area contributed by atoms with E-state index in [1.807, 2.05) is 43.0 Å². The average molecular weight is 366 g/mol. The largest absolute Gasteiger partial charge is 0.494 e. The topological polar surface area (TPSA) is 47.4 Å². The lowest BCUT2D eigenvalue weighted by Crippen LogP contribution is -2.40. The van der Waals surface area contributed by atoms with Gasteiger partial charge < -0.3 is 9.64 Å². The average Bonchev–Trinajstić information content (AvgIpc) is 3.02. The predicted octanol–water partition coefficient (Wildman–Crippen LogP) is 3.79. The van der Waals surface area contributed by atoms with Crippen LogP contribution in [0.5, 0.6) is 5.75 Å². The van der Waals surface area contributed by atoms with Gasteiger partial charge in [0, 0.05) is 29.5 Å². The van der Waals surface area contributed by atoms with Gasteiger partial charge in [-0.25, -0.2) is 9.78 Å². The molecule has 1 heterocycles. The first-order valence-corrected chi connectivity index (χ1v) is 8.04. The van der Waals surface area contributed by atoms with Crippen LogP contribution in [0.15, 0.2) is 47.5 Å². The van der Waals surface area contributed by atoms with Crippen molar-refractivity contribution in [2.24, 2.45) is 0 Å². The number of hydrogen-bond acceptors (Lipinski definition) is 3. The fourth-order valence-corrected chi connectivity index (χ4v) is 2.32. The highest BCUT2D eigenvalue weighted by Crippen LogP contribution is 2.16. The predicted molar refractivity (Wildman–Crippen MR) is 89.1 cm³/mol. The summed E-state index contributed by atoms with van der Waals surface area (Å²) in [6, 6.07) is 7.79. The third-order valence-electron chi connectivity index (χ3n) is 3.22. The van der Waals surface area contributed by atoms with E-state index in [1.165, 1.54) is 10.9 Å². The van der Waals surface area contributed by atoms with E-state index in [0.717, 1.165) is 16.6 Å². The number of imidazole rings is 1. The number of carbonyl (C=O) groups is 1. The molecule has 1 amide bonds. The molecule has 2 aromatic rings. The molecule has 0 fully saturated rings. The molecule has 6 heteroatoms. The van der Waals surface area contributed by atoms with Crippen molar-refractivity contribution in [3.05, 3.63) is 47.5 Å². The molecule has 0 aliphatic carbocycles. The molecule has 118 valence electrons. The number of ether oxygens (including phenoxy) is 1. The van der Waals surface area contributed by atoms with Crippen LogP contribution in [-0.2, 0) is 0 Å². The van der Waals surface area contributed by atoms with Gasteiger partial charge in [0.1, 0.15) is 12.1 Å². The molecule has 0 aliphatic rings. The molecule has 1 aromatic carbocycles. The van der Waals surface area contributed by atoms with Gasteiger partial charge in [-0.2, -0.15) is 0 Å². The van der Waals surface area contributed by atoms with E-state index in [1.54, 1.807) is 12.4 Å². The van der Waals surface area contributed by atoms with E-state index in [0.29, 0.717) is 13.2 Å². The highest BCUT2D eigenvalue weighted by molar-refractivity contribution is 9.10. The second-order valence-corrected chi connectivity index (χ2v) is 6.11. The van der Waals surface area contributed by atoms with Crippen LogP contribution in [0.3, 0.4) is 0 Å².